The minimum Gasteiger partial charge on any atom is -0.475 e. The van der Waals surface area contributed by atoms with Crippen molar-refractivity contribution in [2.24, 2.45) is 0 Å². The highest BCUT2D eigenvalue weighted by Crippen LogP contribution is 2.10. The van der Waals surface area contributed by atoms with Crippen LogP contribution in [0.4, 0.5) is 0 Å². The van der Waals surface area contributed by atoms with E-state index >= 15 is 0 Å². The van der Waals surface area contributed by atoms with Gasteiger partial charge < -0.3 is 5.11 Å². The number of H-pyrrole nitrogens is 1. The fourth-order valence-corrected chi connectivity index (χ4v) is 1.74. The highest BCUT2D eigenvalue weighted by molar-refractivity contribution is 7.12. The Labute approximate surface area is 87.0 Å². The van der Waals surface area contributed by atoms with E-state index in [1.807, 2.05) is 0 Å². The van der Waals surface area contributed by atoms with Gasteiger partial charge in [0.15, 0.2) is 0 Å². The third-order valence-electron chi connectivity index (χ3n) is 1.61. The number of carboxylic acid groups (broad SMARTS) is 1. The second-order valence-corrected chi connectivity index (χ2v) is 3.60. The Morgan fingerprint density at radius 3 is 2.87 bits per heavy atom. The van der Waals surface area contributed by atoms with Crippen LogP contribution in [-0.4, -0.2) is 30.8 Å². The number of aromatic nitrogens is 4. The summed E-state index contributed by atoms with van der Waals surface area (Å²) in [6, 6.07) is 0. The molecule has 0 aliphatic rings. The van der Waals surface area contributed by atoms with Crippen LogP contribution >= 0.6 is 11.3 Å². The maximum absolute atomic E-state index is 11.3. The molecule has 2 aromatic rings. The Kier molecular flexibility index (Phi) is 2.12. The lowest BCUT2D eigenvalue weighted by molar-refractivity contribution is 0.0683. The third-order valence-corrected chi connectivity index (χ3v) is 2.54. The smallest absolute Gasteiger partial charge is 0.373 e. The summed E-state index contributed by atoms with van der Waals surface area (Å²) in [5, 5.41) is 14.3. The molecule has 0 fully saturated rings. The van der Waals surface area contributed by atoms with E-state index in [9.17, 15) is 9.59 Å². The number of hydrogen-bond donors (Lipinski definition) is 2. The molecule has 0 bridgehead atoms. The predicted molar refractivity (Wildman–Crippen MR) is 51.6 cm³/mol. The first kappa shape index (κ1) is 9.59. The van der Waals surface area contributed by atoms with E-state index < -0.39 is 17.5 Å². The molecule has 0 atom stereocenters. The molecule has 0 aliphatic heterocycles. The second-order valence-electron chi connectivity index (χ2n) is 2.77. The van der Waals surface area contributed by atoms with Gasteiger partial charge in [0.2, 0.25) is 11.0 Å². The molecular formula is C7H6N4O3S. The number of carboxylic acids is 1. The molecule has 2 heterocycles. The van der Waals surface area contributed by atoms with Crippen molar-refractivity contribution in [1.29, 1.82) is 0 Å². The Morgan fingerprint density at radius 2 is 2.40 bits per heavy atom. The molecule has 0 amide bonds. The van der Waals surface area contributed by atoms with Crippen molar-refractivity contribution in [3.05, 3.63) is 27.4 Å². The van der Waals surface area contributed by atoms with E-state index in [1.54, 1.807) is 12.3 Å². The van der Waals surface area contributed by atoms with E-state index in [-0.39, 0.29) is 0 Å². The summed E-state index contributed by atoms with van der Waals surface area (Å²) in [4.78, 5) is 28.0. The Balaban J connectivity index is 2.54. The highest BCUT2D eigenvalue weighted by atomic mass is 32.1. The quantitative estimate of drug-likeness (QED) is 0.751. The van der Waals surface area contributed by atoms with Gasteiger partial charge in [0, 0.05) is 5.38 Å². The molecule has 0 saturated heterocycles. The van der Waals surface area contributed by atoms with Gasteiger partial charge in [-0.2, -0.15) is 4.68 Å². The number of nitrogens with zero attached hydrogens (tertiary/aromatic N) is 3. The molecule has 15 heavy (non-hydrogen) atoms. The molecule has 0 radical (unpaired) electrons. The summed E-state index contributed by atoms with van der Waals surface area (Å²) < 4.78 is 0.932. The van der Waals surface area contributed by atoms with Crippen LogP contribution in [-0.2, 0) is 0 Å². The van der Waals surface area contributed by atoms with E-state index in [2.05, 4.69) is 15.1 Å². The number of aromatic amines is 1. The summed E-state index contributed by atoms with van der Waals surface area (Å²) >= 11 is 1.22. The molecule has 2 aromatic heterocycles. The fraction of sp³-hybridized carbons (Fsp3) is 0.143. The molecule has 0 aromatic carbocycles. The average molecular weight is 226 g/mol. The molecule has 0 aliphatic carbocycles. The topological polar surface area (TPSA) is 101 Å². The van der Waals surface area contributed by atoms with Crippen LogP contribution in [0.2, 0.25) is 0 Å². The number of rotatable bonds is 2. The Bertz CT molecular complexity index is 567. The molecule has 0 saturated carbocycles. The van der Waals surface area contributed by atoms with Crippen LogP contribution in [0.1, 0.15) is 16.3 Å². The van der Waals surface area contributed by atoms with Crippen molar-refractivity contribution >= 4 is 17.3 Å². The van der Waals surface area contributed by atoms with Crippen molar-refractivity contribution in [3.8, 4) is 5.13 Å². The Hall–Kier alpha value is -1.96. The number of aromatic carboxylic acids is 1. The fourth-order valence-electron chi connectivity index (χ4n) is 0.989. The van der Waals surface area contributed by atoms with Gasteiger partial charge >= 0.3 is 11.7 Å². The summed E-state index contributed by atoms with van der Waals surface area (Å²) in [7, 11) is 0. The van der Waals surface area contributed by atoms with E-state index in [4.69, 9.17) is 5.11 Å². The summed E-state index contributed by atoms with van der Waals surface area (Å²) in [5.74, 6) is -1.67. The van der Waals surface area contributed by atoms with E-state index in [0.29, 0.717) is 5.13 Å². The van der Waals surface area contributed by atoms with Crippen LogP contribution in [0.3, 0.4) is 0 Å². The van der Waals surface area contributed by atoms with Gasteiger partial charge in [-0.15, -0.1) is 16.4 Å². The zero-order valence-corrected chi connectivity index (χ0v) is 8.41. The molecule has 8 heteroatoms. The molecule has 0 unspecified atom stereocenters. The minimum atomic E-state index is -1.28. The van der Waals surface area contributed by atoms with Gasteiger partial charge in [-0.1, -0.05) is 0 Å². The zero-order chi connectivity index (χ0) is 11.0. The SMILES string of the molecule is Cc1csc(-n2nc(C(=O)O)[nH]c2=O)n1. The van der Waals surface area contributed by atoms with Crippen LogP contribution in [0.15, 0.2) is 10.2 Å². The first-order valence-corrected chi connectivity index (χ1v) is 4.81. The van der Waals surface area contributed by atoms with Crippen molar-refractivity contribution in [2.75, 3.05) is 0 Å². The first-order chi connectivity index (χ1) is 7.08. The first-order valence-electron chi connectivity index (χ1n) is 3.93. The van der Waals surface area contributed by atoms with E-state index in [1.165, 1.54) is 11.3 Å². The van der Waals surface area contributed by atoms with Crippen molar-refractivity contribution in [1.82, 2.24) is 19.7 Å². The lowest BCUT2D eigenvalue weighted by atomic mass is 10.6. The lowest BCUT2D eigenvalue weighted by Gasteiger charge is -1.89. The molecule has 2 rings (SSSR count). The number of hydrogen-bond acceptors (Lipinski definition) is 5. The van der Waals surface area contributed by atoms with Gasteiger partial charge in [0.25, 0.3) is 0 Å². The average Bonchev–Trinajstić information content (AvgIpc) is 2.71. The number of thiazole rings is 1. The molecule has 2 N–H and O–H groups in total. The molecule has 7 nitrogen and oxygen atoms in total. The number of carbonyl (C=O) groups is 1. The largest absolute Gasteiger partial charge is 0.475 e. The molecular weight excluding hydrogens is 220 g/mol. The minimum absolute atomic E-state index is 0.348. The van der Waals surface area contributed by atoms with Gasteiger partial charge in [0.05, 0.1) is 5.69 Å². The van der Waals surface area contributed by atoms with Crippen molar-refractivity contribution in [2.45, 2.75) is 6.92 Å². The predicted octanol–water partition coefficient (Wildman–Crippen LogP) is 0.0237. The van der Waals surface area contributed by atoms with Crippen LogP contribution < -0.4 is 5.69 Å². The second kappa shape index (κ2) is 3.31. The maximum atomic E-state index is 11.3. The summed E-state index contributed by atoms with van der Waals surface area (Å²) in [6.45, 7) is 1.77. The van der Waals surface area contributed by atoms with Crippen molar-refractivity contribution < 1.29 is 9.90 Å². The normalized spacial score (nSPS) is 10.5. The lowest BCUT2D eigenvalue weighted by Crippen LogP contribution is -2.15. The van der Waals surface area contributed by atoms with Gasteiger partial charge in [-0.25, -0.2) is 14.6 Å². The van der Waals surface area contributed by atoms with Gasteiger partial charge in [0.1, 0.15) is 0 Å². The standard InChI is InChI=1S/C7H6N4O3S/c1-3-2-15-7(8-3)11-6(14)9-4(10-11)5(12)13/h2H,1H3,(H,12,13)(H,9,10,14). The van der Waals surface area contributed by atoms with Gasteiger partial charge in [-0.3, -0.25) is 4.98 Å². The maximum Gasteiger partial charge on any atom is 0.373 e. The van der Waals surface area contributed by atoms with E-state index in [0.717, 1.165) is 10.4 Å². The monoisotopic (exact) mass is 226 g/mol. The molecule has 0 spiro atoms. The number of nitrogens with one attached hydrogen (secondary N) is 1. The van der Waals surface area contributed by atoms with Gasteiger partial charge in [-0.05, 0) is 6.92 Å². The van der Waals surface area contributed by atoms with Crippen LogP contribution in [0.5, 0.6) is 0 Å². The molecule has 78 valence electrons. The van der Waals surface area contributed by atoms with Crippen molar-refractivity contribution in [3.63, 3.8) is 0 Å². The summed E-state index contributed by atoms with van der Waals surface area (Å²) in [6.07, 6.45) is 0. The summed E-state index contributed by atoms with van der Waals surface area (Å²) in [5.41, 5.74) is 0.142. The third kappa shape index (κ3) is 1.66. The number of aryl methyl sites for hydroxylation is 1. The Morgan fingerprint density at radius 1 is 1.67 bits per heavy atom. The van der Waals surface area contributed by atoms with Crippen LogP contribution in [0, 0.1) is 6.92 Å². The highest BCUT2D eigenvalue weighted by Gasteiger charge is 2.14. The zero-order valence-electron chi connectivity index (χ0n) is 7.59. The van der Waals surface area contributed by atoms with Crippen LogP contribution in [0.25, 0.3) is 5.13 Å².